The zero-order valence-electron chi connectivity index (χ0n) is 15.7. The van der Waals surface area contributed by atoms with Crippen molar-refractivity contribution < 1.29 is 4.79 Å². The summed E-state index contributed by atoms with van der Waals surface area (Å²) in [6.07, 6.45) is 0.761. The van der Waals surface area contributed by atoms with Crippen molar-refractivity contribution in [3.63, 3.8) is 0 Å². The Morgan fingerprint density at radius 1 is 1.18 bits per heavy atom. The average molecular weight is 412 g/mol. The Morgan fingerprint density at radius 3 is 2.75 bits per heavy atom. The van der Waals surface area contributed by atoms with Crippen LogP contribution in [0.5, 0.6) is 0 Å². The predicted molar refractivity (Wildman–Crippen MR) is 112 cm³/mol. The molecule has 4 rings (SSSR count). The minimum Gasteiger partial charge on any atom is -0.322 e. The number of aromatic nitrogens is 4. The molecule has 2 aromatic heterocycles. The second kappa shape index (κ2) is 7.33. The Bertz CT molecular complexity index is 1200. The van der Waals surface area contributed by atoms with Gasteiger partial charge in [0.05, 0.1) is 10.6 Å². The van der Waals surface area contributed by atoms with Crippen molar-refractivity contribution in [1.82, 2.24) is 19.8 Å². The van der Waals surface area contributed by atoms with E-state index in [-0.39, 0.29) is 5.91 Å². The minimum absolute atomic E-state index is 0.239. The van der Waals surface area contributed by atoms with Crippen LogP contribution in [0.15, 0.2) is 36.4 Å². The Labute approximate surface area is 171 Å². The van der Waals surface area contributed by atoms with Crippen LogP contribution in [0.4, 0.5) is 5.69 Å². The van der Waals surface area contributed by atoms with Crippen LogP contribution < -0.4 is 5.32 Å². The summed E-state index contributed by atoms with van der Waals surface area (Å²) in [4.78, 5) is 13.5. The lowest BCUT2D eigenvalue weighted by Gasteiger charge is -2.11. The number of nitrogens with one attached hydrogen (secondary N) is 1. The standard InChI is InChI=1S/C20H18ClN5OS/c1-4-17-23-24-20-26(17)25-19(28-20)13-7-6-12(3)16(10-13)22-18(27)14-8-5-11(2)9-15(14)21/h5-10H,4H2,1-3H3,(H,22,27). The number of nitrogens with zero attached hydrogens (tertiary/aromatic N) is 4. The fourth-order valence-corrected chi connectivity index (χ4v) is 4.05. The van der Waals surface area contributed by atoms with Crippen molar-refractivity contribution in [2.24, 2.45) is 0 Å². The van der Waals surface area contributed by atoms with Crippen LogP contribution in [0.25, 0.3) is 15.5 Å². The lowest BCUT2D eigenvalue weighted by molar-refractivity contribution is 0.102. The van der Waals surface area contributed by atoms with Crippen molar-refractivity contribution in [3.05, 3.63) is 63.9 Å². The highest BCUT2D eigenvalue weighted by molar-refractivity contribution is 7.19. The Hall–Kier alpha value is -2.77. The summed E-state index contributed by atoms with van der Waals surface area (Å²) in [5.74, 6) is 0.587. The van der Waals surface area contributed by atoms with Gasteiger partial charge in [-0.05, 0) is 43.2 Å². The first kappa shape index (κ1) is 18.6. The second-order valence-corrected chi connectivity index (χ2v) is 7.90. The summed E-state index contributed by atoms with van der Waals surface area (Å²) in [5.41, 5.74) is 4.05. The van der Waals surface area contributed by atoms with E-state index in [4.69, 9.17) is 11.6 Å². The highest BCUT2D eigenvalue weighted by Crippen LogP contribution is 2.30. The topological polar surface area (TPSA) is 72.2 Å². The number of carbonyl (C=O) groups is 1. The molecule has 0 aliphatic carbocycles. The lowest BCUT2D eigenvalue weighted by atomic mass is 10.1. The molecule has 1 amide bonds. The number of aryl methyl sites for hydroxylation is 3. The van der Waals surface area contributed by atoms with Gasteiger partial charge in [-0.2, -0.15) is 9.61 Å². The molecule has 0 radical (unpaired) electrons. The molecule has 142 valence electrons. The van der Waals surface area contributed by atoms with E-state index in [9.17, 15) is 4.79 Å². The molecule has 2 aromatic carbocycles. The summed E-state index contributed by atoms with van der Waals surface area (Å²) in [5, 5.41) is 17.1. The maximum atomic E-state index is 12.7. The largest absolute Gasteiger partial charge is 0.322 e. The summed E-state index contributed by atoms with van der Waals surface area (Å²) in [6.45, 7) is 5.90. The van der Waals surface area contributed by atoms with Crippen LogP contribution >= 0.6 is 22.9 Å². The highest BCUT2D eigenvalue weighted by Gasteiger charge is 2.15. The molecule has 0 aliphatic rings. The molecule has 0 atom stereocenters. The number of benzene rings is 2. The Kier molecular flexibility index (Phi) is 4.87. The van der Waals surface area contributed by atoms with Gasteiger partial charge in [0.25, 0.3) is 5.91 Å². The molecule has 0 saturated heterocycles. The summed E-state index contributed by atoms with van der Waals surface area (Å²) < 4.78 is 1.77. The van der Waals surface area contributed by atoms with E-state index in [1.54, 1.807) is 16.6 Å². The van der Waals surface area contributed by atoms with Gasteiger partial charge in [0, 0.05) is 17.7 Å². The second-order valence-electron chi connectivity index (χ2n) is 6.54. The smallest absolute Gasteiger partial charge is 0.257 e. The molecule has 4 aromatic rings. The zero-order valence-corrected chi connectivity index (χ0v) is 17.2. The van der Waals surface area contributed by atoms with Crippen molar-refractivity contribution in [2.75, 3.05) is 5.32 Å². The predicted octanol–water partition coefficient (Wildman–Crippen LogP) is 4.94. The zero-order chi connectivity index (χ0) is 19.8. The van der Waals surface area contributed by atoms with E-state index >= 15 is 0 Å². The molecule has 0 fully saturated rings. The third-order valence-corrected chi connectivity index (χ3v) is 5.73. The van der Waals surface area contributed by atoms with Gasteiger partial charge in [-0.1, -0.05) is 48.1 Å². The van der Waals surface area contributed by atoms with Crippen molar-refractivity contribution in [1.29, 1.82) is 0 Å². The minimum atomic E-state index is -0.239. The molecule has 0 spiro atoms. The third-order valence-electron chi connectivity index (χ3n) is 4.47. The highest BCUT2D eigenvalue weighted by atomic mass is 35.5. The number of rotatable bonds is 4. The van der Waals surface area contributed by atoms with Gasteiger partial charge >= 0.3 is 0 Å². The van der Waals surface area contributed by atoms with Gasteiger partial charge in [0.2, 0.25) is 4.96 Å². The van der Waals surface area contributed by atoms with E-state index in [0.717, 1.165) is 44.6 Å². The van der Waals surface area contributed by atoms with E-state index in [1.807, 2.05) is 45.0 Å². The fourth-order valence-electron chi connectivity index (χ4n) is 2.88. The first-order valence-corrected chi connectivity index (χ1v) is 10.1. The van der Waals surface area contributed by atoms with Crippen LogP contribution in [0.2, 0.25) is 5.02 Å². The Balaban J connectivity index is 1.66. The third kappa shape index (κ3) is 3.39. The molecule has 0 aliphatic heterocycles. The van der Waals surface area contributed by atoms with E-state index in [2.05, 4.69) is 20.6 Å². The number of amides is 1. The molecule has 0 saturated carbocycles. The fraction of sp³-hybridized carbons (Fsp3) is 0.200. The quantitative estimate of drug-likeness (QED) is 0.516. The van der Waals surface area contributed by atoms with Gasteiger partial charge in [-0.25, -0.2) is 0 Å². The first-order valence-electron chi connectivity index (χ1n) is 8.86. The number of halogens is 1. The number of carbonyl (C=O) groups excluding carboxylic acids is 1. The molecule has 1 N–H and O–H groups in total. The van der Waals surface area contributed by atoms with Gasteiger partial charge in [-0.15, -0.1) is 10.2 Å². The van der Waals surface area contributed by atoms with Gasteiger partial charge in [0.15, 0.2) is 5.82 Å². The maximum absolute atomic E-state index is 12.7. The first-order chi connectivity index (χ1) is 13.5. The summed E-state index contributed by atoms with van der Waals surface area (Å²) in [7, 11) is 0. The molecule has 2 heterocycles. The van der Waals surface area contributed by atoms with Crippen LogP contribution in [0.3, 0.4) is 0 Å². The molecular formula is C20H18ClN5OS. The van der Waals surface area contributed by atoms with E-state index in [0.29, 0.717) is 10.6 Å². The van der Waals surface area contributed by atoms with Crippen LogP contribution in [-0.2, 0) is 6.42 Å². The normalized spacial score (nSPS) is 11.1. The van der Waals surface area contributed by atoms with E-state index < -0.39 is 0 Å². The molecule has 0 bridgehead atoms. The monoisotopic (exact) mass is 411 g/mol. The van der Waals surface area contributed by atoms with Gasteiger partial charge < -0.3 is 5.32 Å². The average Bonchev–Trinajstić information content (AvgIpc) is 3.24. The van der Waals surface area contributed by atoms with Crippen molar-refractivity contribution >= 4 is 39.5 Å². The van der Waals surface area contributed by atoms with Gasteiger partial charge in [0.1, 0.15) is 5.01 Å². The lowest BCUT2D eigenvalue weighted by Crippen LogP contribution is -2.13. The SMILES string of the molecule is CCc1nnc2sc(-c3ccc(C)c(NC(=O)c4ccc(C)cc4Cl)c3)nn12. The summed E-state index contributed by atoms with van der Waals surface area (Å²) >= 11 is 7.70. The Morgan fingerprint density at radius 2 is 2.00 bits per heavy atom. The molecular weight excluding hydrogens is 394 g/mol. The number of hydrogen-bond donors (Lipinski definition) is 1. The molecule has 8 heteroatoms. The van der Waals surface area contributed by atoms with Gasteiger partial charge in [-0.3, -0.25) is 4.79 Å². The molecule has 28 heavy (non-hydrogen) atoms. The van der Waals surface area contributed by atoms with Crippen molar-refractivity contribution in [2.45, 2.75) is 27.2 Å². The maximum Gasteiger partial charge on any atom is 0.257 e. The van der Waals surface area contributed by atoms with E-state index in [1.165, 1.54) is 11.3 Å². The molecule has 0 unspecified atom stereocenters. The van der Waals surface area contributed by atoms with Crippen LogP contribution in [-0.4, -0.2) is 25.7 Å². The number of hydrogen-bond acceptors (Lipinski definition) is 5. The van der Waals surface area contributed by atoms with Crippen molar-refractivity contribution in [3.8, 4) is 10.6 Å². The van der Waals surface area contributed by atoms with Crippen LogP contribution in [0.1, 0.15) is 34.2 Å². The number of fused-ring (bicyclic) bond motifs is 1. The van der Waals surface area contributed by atoms with Crippen LogP contribution in [0, 0.1) is 13.8 Å². The summed E-state index contributed by atoms with van der Waals surface area (Å²) in [6, 6.07) is 11.3. The number of anilines is 1. The molecule has 6 nitrogen and oxygen atoms in total.